The molecule has 5 heteroatoms. The molecule has 18 heavy (non-hydrogen) atoms. The second-order valence-electron chi connectivity index (χ2n) is 4.54. The summed E-state index contributed by atoms with van der Waals surface area (Å²) in [5, 5.41) is 15.3. The fourth-order valence-electron chi connectivity index (χ4n) is 2.08. The molecule has 0 unspecified atom stereocenters. The number of halogens is 1. The number of carbonyl (C=O) groups excluding carboxylic acids is 1. The van der Waals surface area contributed by atoms with Crippen LogP contribution in [0.1, 0.15) is 12.5 Å². The van der Waals surface area contributed by atoms with Crippen LogP contribution in [0.3, 0.4) is 0 Å². The Morgan fingerprint density at radius 1 is 1.56 bits per heavy atom. The van der Waals surface area contributed by atoms with E-state index in [9.17, 15) is 4.79 Å². The molecule has 0 spiro atoms. The van der Waals surface area contributed by atoms with E-state index in [4.69, 9.17) is 16.9 Å². The van der Waals surface area contributed by atoms with Crippen LogP contribution in [-0.2, 0) is 4.79 Å². The van der Waals surface area contributed by atoms with Gasteiger partial charge in [0.2, 0.25) is 5.91 Å². The molecule has 0 bridgehead atoms. The molecule has 1 aliphatic heterocycles. The molecule has 1 aromatic rings. The number of nitrogens with zero attached hydrogens (tertiary/aromatic N) is 1. The molecule has 1 fully saturated rings. The van der Waals surface area contributed by atoms with Gasteiger partial charge in [0.15, 0.2) is 0 Å². The molecule has 1 amide bonds. The highest BCUT2D eigenvalue weighted by Crippen LogP contribution is 2.22. The van der Waals surface area contributed by atoms with Gasteiger partial charge in [-0.25, -0.2) is 0 Å². The molecule has 0 radical (unpaired) electrons. The molecule has 0 aliphatic carbocycles. The first-order valence-electron chi connectivity index (χ1n) is 5.83. The van der Waals surface area contributed by atoms with E-state index in [1.807, 2.05) is 13.0 Å². The average Bonchev–Trinajstić information content (AvgIpc) is 2.78. The third-order valence-electron chi connectivity index (χ3n) is 3.21. The predicted octanol–water partition coefficient (Wildman–Crippen LogP) is 2.01. The second kappa shape index (κ2) is 5.38. The lowest BCUT2D eigenvalue weighted by atomic mass is 9.97. The van der Waals surface area contributed by atoms with Gasteiger partial charge in [0.1, 0.15) is 6.07 Å². The molecule has 2 rings (SSSR count). The van der Waals surface area contributed by atoms with Crippen molar-refractivity contribution in [3.63, 3.8) is 0 Å². The highest BCUT2D eigenvalue weighted by Gasteiger charge is 2.29. The number of benzene rings is 1. The van der Waals surface area contributed by atoms with Gasteiger partial charge in [0, 0.05) is 12.2 Å². The molecular weight excluding hydrogens is 250 g/mol. The van der Waals surface area contributed by atoms with Crippen LogP contribution >= 0.6 is 11.6 Å². The first-order valence-corrected chi connectivity index (χ1v) is 6.21. The minimum Gasteiger partial charge on any atom is -0.326 e. The highest BCUT2D eigenvalue weighted by molar-refractivity contribution is 6.31. The summed E-state index contributed by atoms with van der Waals surface area (Å²) in [5.41, 5.74) is 0.979. The molecule has 94 valence electrons. The Balaban J connectivity index is 2.10. The summed E-state index contributed by atoms with van der Waals surface area (Å²) in [6.45, 7) is 3.61. The lowest BCUT2D eigenvalue weighted by Gasteiger charge is -2.14. The first-order chi connectivity index (χ1) is 8.61. The maximum Gasteiger partial charge on any atom is 0.229 e. The Kier molecular flexibility index (Phi) is 3.85. The van der Waals surface area contributed by atoms with Crippen molar-refractivity contribution in [1.29, 1.82) is 5.26 Å². The maximum absolute atomic E-state index is 12.0. The van der Waals surface area contributed by atoms with Crippen molar-refractivity contribution in [2.45, 2.75) is 6.92 Å². The van der Waals surface area contributed by atoms with Crippen LogP contribution in [0.5, 0.6) is 0 Å². The molecule has 1 aliphatic rings. The van der Waals surface area contributed by atoms with Crippen molar-refractivity contribution in [1.82, 2.24) is 5.32 Å². The second-order valence-corrected chi connectivity index (χ2v) is 4.94. The zero-order chi connectivity index (χ0) is 13.1. The Labute approximate surface area is 111 Å². The van der Waals surface area contributed by atoms with E-state index in [-0.39, 0.29) is 11.8 Å². The predicted molar refractivity (Wildman–Crippen MR) is 70.3 cm³/mol. The van der Waals surface area contributed by atoms with Crippen LogP contribution in [0.2, 0.25) is 5.02 Å². The topological polar surface area (TPSA) is 64.9 Å². The summed E-state index contributed by atoms with van der Waals surface area (Å²) in [4.78, 5) is 12.0. The van der Waals surface area contributed by atoms with Gasteiger partial charge in [-0.3, -0.25) is 4.79 Å². The monoisotopic (exact) mass is 263 g/mol. The first kappa shape index (κ1) is 12.9. The number of amides is 1. The van der Waals surface area contributed by atoms with Crippen LogP contribution in [0.4, 0.5) is 5.69 Å². The lowest BCUT2D eigenvalue weighted by molar-refractivity contribution is -0.120. The maximum atomic E-state index is 12.0. The van der Waals surface area contributed by atoms with Gasteiger partial charge in [-0.2, -0.15) is 5.26 Å². The van der Waals surface area contributed by atoms with Gasteiger partial charge in [0.05, 0.1) is 16.5 Å². The summed E-state index contributed by atoms with van der Waals surface area (Å²) in [6, 6.07) is 6.90. The summed E-state index contributed by atoms with van der Waals surface area (Å²) < 4.78 is 0. The number of nitriles is 1. The fraction of sp³-hybridized carbons (Fsp3) is 0.385. The summed E-state index contributed by atoms with van der Waals surface area (Å²) >= 11 is 5.84. The molecule has 1 heterocycles. The van der Waals surface area contributed by atoms with Gasteiger partial charge in [-0.05, 0) is 30.7 Å². The van der Waals surface area contributed by atoms with Gasteiger partial charge < -0.3 is 10.6 Å². The van der Waals surface area contributed by atoms with Crippen LogP contribution in [0, 0.1) is 23.2 Å². The van der Waals surface area contributed by atoms with E-state index < -0.39 is 0 Å². The number of hydrogen-bond acceptors (Lipinski definition) is 3. The largest absolute Gasteiger partial charge is 0.326 e. The van der Waals surface area contributed by atoms with Crippen molar-refractivity contribution < 1.29 is 4.79 Å². The van der Waals surface area contributed by atoms with Crippen LogP contribution < -0.4 is 10.6 Å². The van der Waals surface area contributed by atoms with Crippen LogP contribution in [0.15, 0.2) is 18.2 Å². The number of carbonyl (C=O) groups is 1. The molecule has 1 saturated heterocycles. The number of hydrogen-bond donors (Lipinski definition) is 2. The van der Waals surface area contributed by atoms with E-state index in [0.717, 1.165) is 6.54 Å². The average molecular weight is 264 g/mol. The van der Waals surface area contributed by atoms with E-state index in [0.29, 0.717) is 28.7 Å². The van der Waals surface area contributed by atoms with E-state index in [1.54, 1.807) is 18.2 Å². The minimum atomic E-state index is -0.0220. The van der Waals surface area contributed by atoms with Crippen molar-refractivity contribution in [2.24, 2.45) is 11.8 Å². The van der Waals surface area contributed by atoms with Crippen molar-refractivity contribution >= 4 is 23.2 Å². The molecule has 1 aromatic carbocycles. The van der Waals surface area contributed by atoms with E-state index in [2.05, 4.69) is 10.6 Å². The third-order valence-corrected chi connectivity index (χ3v) is 3.54. The van der Waals surface area contributed by atoms with Gasteiger partial charge >= 0.3 is 0 Å². The summed E-state index contributed by atoms with van der Waals surface area (Å²) in [6.07, 6.45) is 0. The van der Waals surface area contributed by atoms with Crippen LogP contribution in [0.25, 0.3) is 0 Å². The zero-order valence-electron chi connectivity index (χ0n) is 10.0. The Morgan fingerprint density at radius 3 is 2.94 bits per heavy atom. The quantitative estimate of drug-likeness (QED) is 0.858. The molecule has 4 nitrogen and oxygen atoms in total. The zero-order valence-corrected chi connectivity index (χ0v) is 10.8. The Hall–Kier alpha value is -1.57. The smallest absolute Gasteiger partial charge is 0.229 e. The normalized spacial score (nSPS) is 22.5. The molecular formula is C13H14ClN3O. The van der Waals surface area contributed by atoms with Crippen molar-refractivity contribution in [3.8, 4) is 6.07 Å². The Morgan fingerprint density at radius 2 is 2.33 bits per heavy atom. The highest BCUT2D eigenvalue weighted by atomic mass is 35.5. The Bertz CT molecular complexity index is 509. The SMILES string of the molecule is C[C@@H]1CNC[C@H]1C(=O)Nc1ccc(Cl)c(C#N)c1. The van der Waals surface area contributed by atoms with Gasteiger partial charge in [-0.1, -0.05) is 18.5 Å². The van der Waals surface area contributed by atoms with E-state index in [1.165, 1.54) is 0 Å². The number of nitrogens with one attached hydrogen (secondary N) is 2. The number of anilines is 1. The molecule has 0 aromatic heterocycles. The van der Waals surface area contributed by atoms with Crippen molar-refractivity contribution in [3.05, 3.63) is 28.8 Å². The molecule has 2 atom stereocenters. The standard InChI is InChI=1S/C13H14ClN3O/c1-8-6-16-7-11(8)13(18)17-10-2-3-12(14)9(4-10)5-15/h2-4,8,11,16H,6-7H2,1H3,(H,17,18)/t8-,11-/m1/s1. The van der Waals surface area contributed by atoms with Crippen LogP contribution in [-0.4, -0.2) is 19.0 Å². The summed E-state index contributed by atoms with van der Waals surface area (Å²) in [5.74, 6) is 0.290. The van der Waals surface area contributed by atoms with Gasteiger partial charge in [0.25, 0.3) is 0 Å². The summed E-state index contributed by atoms with van der Waals surface area (Å²) in [7, 11) is 0. The minimum absolute atomic E-state index is 0.0151. The molecule has 0 saturated carbocycles. The van der Waals surface area contributed by atoms with Gasteiger partial charge in [-0.15, -0.1) is 0 Å². The number of rotatable bonds is 2. The van der Waals surface area contributed by atoms with Crippen molar-refractivity contribution in [2.75, 3.05) is 18.4 Å². The lowest BCUT2D eigenvalue weighted by Crippen LogP contribution is -2.27. The van der Waals surface area contributed by atoms with E-state index >= 15 is 0 Å². The molecule has 2 N–H and O–H groups in total. The fourth-order valence-corrected chi connectivity index (χ4v) is 2.24. The third kappa shape index (κ3) is 2.63.